The van der Waals surface area contributed by atoms with Crippen LogP contribution in [-0.4, -0.2) is 17.0 Å². The Morgan fingerprint density at radius 2 is 2.27 bits per heavy atom. The van der Waals surface area contributed by atoms with E-state index in [1.165, 1.54) is 18.2 Å². The van der Waals surface area contributed by atoms with Crippen molar-refractivity contribution in [3.63, 3.8) is 0 Å². The molecule has 4 nitrogen and oxygen atoms in total. The summed E-state index contributed by atoms with van der Waals surface area (Å²) in [6, 6.07) is 4.16. The predicted molar refractivity (Wildman–Crippen MR) is 59.2 cm³/mol. The summed E-state index contributed by atoms with van der Waals surface area (Å²) >= 11 is 3.90. The molecule has 0 N–H and O–H groups in total. The third kappa shape index (κ3) is 2.82. The van der Waals surface area contributed by atoms with Crippen molar-refractivity contribution in [2.24, 2.45) is 0 Å². The zero-order valence-corrected chi connectivity index (χ0v) is 8.53. The van der Waals surface area contributed by atoms with Crippen molar-refractivity contribution in [1.29, 1.82) is 0 Å². The minimum absolute atomic E-state index is 0.0333. The van der Waals surface area contributed by atoms with Gasteiger partial charge in [-0.2, -0.15) is 12.6 Å². The molecule has 0 aliphatic rings. The number of thiol groups is 1. The first kappa shape index (κ1) is 11.3. The lowest BCUT2D eigenvalue weighted by molar-refractivity contribution is -0.385. The summed E-state index contributed by atoms with van der Waals surface area (Å²) in [6.45, 7) is 0. The topological polar surface area (TPSA) is 60.2 Å². The van der Waals surface area contributed by atoms with Crippen LogP contribution >= 0.6 is 12.6 Å². The SMILES string of the molecule is O=Cc1cc(C#CCS)ccc1[N+](=O)[O-]. The molecule has 0 atom stereocenters. The smallest absolute Gasteiger partial charge is 0.279 e. The van der Waals surface area contributed by atoms with Crippen molar-refractivity contribution in [1.82, 2.24) is 0 Å². The van der Waals surface area contributed by atoms with E-state index < -0.39 is 4.92 Å². The van der Waals surface area contributed by atoms with Crippen LogP contribution in [0.3, 0.4) is 0 Å². The van der Waals surface area contributed by atoms with E-state index in [0.717, 1.165) is 0 Å². The van der Waals surface area contributed by atoms with Crippen LogP contribution in [0.4, 0.5) is 5.69 Å². The van der Waals surface area contributed by atoms with E-state index in [4.69, 9.17) is 0 Å². The normalized spacial score (nSPS) is 8.87. The van der Waals surface area contributed by atoms with E-state index in [-0.39, 0.29) is 11.3 Å². The van der Waals surface area contributed by atoms with Gasteiger partial charge in [-0.25, -0.2) is 0 Å². The van der Waals surface area contributed by atoms with Crippen molar-refractivity contribution in [3.8, 4) is 11.8 Å². The minimum Gasteiger partial charge on any atom is -0.298 e. The molecule has 0 spiro atoms. The molecule has 0 bridgehead atoms. The summed E-state index contributed by atoms with van der Waals surface area (Å²) in [5.74, 6) is 5.82. The van der Waals surface area contributed by atoms with E-state index in [9.17, 15) is 14.9 Å². The van der Waals surface area contributed by atoms with Crippen molar-refractivity contribution in [2.75, 3.05) is 5.75 Å². The summed E-state index contributed by atoms with van der Waals surface area (Å²) in [7, 11) is 0. The molecule has 1 aromatic rings. The van der Waals surface area contributed by atoms with Gasteiger partial charge in [0.2, 0.25) is 0 Å². The average Bonchev–Trinajstić information content (AvgIpc) is 2.25. The van der Waals surface area contributed by atoms with Gasteiger partial charge in [-0.05, 0) is 12.1 Å². The molecule has 0 aliphatic carbocycles. The Hall–Kier alpha value is -1.80. The van der Waals surface area contributed by atoms with Crippen LogP contribution in [0.5, 0.6) is 0 Å². The number of hydrogen-bond donors (Lipinski definition) is 1. The van der Waals surface area contributed by atoms with Gasteiger partial charge in [0.1, 0.15) is 0 Å². The predicted octanol–water partition coefficient (Wildman–Crippen LogP) is 1.69. The highest BCUT2D eigenvalue weighted by atomic mass is 32.1. The molecule has 0 saturated heterocycles. The number of nitrogens with zero attached hydrogens (tertiary/aromatic N) is 1. The Morgan fingerprint density at radius 1 is 1.53 bits per heavy atom. The zero-order chi connectivity index (χ0) is 11.3. The van der Waals surface area contributed by atoms with Crippen LogP contribution < -0.4 is 0 Å². The van der Waals surface area contributed by atoms with Gasteiger partial charge in [-0.15, -0.1) is 0 Å². The highest BCUT2D eigenvalue weighted by Crippen LogP contribution is 2.17. The first-order chi connectivity index (χ1) is 7.19. The van der Waals surface area contributed by atoms with Crippen LogP contribution in [0.1, 0.15) is 15.9 Å². The molecule has 0 aromatic heterocycles. The lowest BCUT2D eigenvalue weighted by Crippen LogP contribution is -1.94. The Balaban J connectivity index is 3.19. The Morgan fingerprint density at radius 3 is 2.80 bits per heavy atom. The van der Waals surface area contributed by atoms with Gasteiger partial charge in [0, 0.05) is 11.6 Å². The third-order valence-corrected chi connectivity index (χ3v) is 1.82. The first-order valence-electron chi connectivity index (χ1n) is 4.02. The molecule has 1 rings (SSSR count). The highest BCUT2D eigenvalue weighted by Gasteiger charge is 2.12. The second-order valence-electron chi connectivity index (χ2n) is 2.61. The molecule has 0 fully saturated rings. The van der Waals surface area contributed by atoms with Gasteiger partial charge < -0.3 is 0 Å². The summed E-state index contributed by atoms with van der Waals surface area (Å²) in [5.41, 5.74) is 0.393. The first-order valence-corrected chi connectivity index (χ1v) is 4.65. The van der Waals surface area contributed by atoms with Gasteiger partial charge in [-0.3, -0.25) is 14.9 Å². The minimum atomic E-state index is -0.598. The third-order valence-electron chi connectivity index (χ3n) is 1.66. The standard InChI is InChI=1S/C10H7NO3S/c12-7-9-6-8(2-1-5-15)3-4-10(9)11(13)14/h3-4,6-7,15H,5H2. The number of nitro benzene ring substituents is 1. The monoisotopic (exact) mass is 221 g/mol. The number of carbonyl (C=O) groups is 1. The second kappa shape index (κ2) is 5.17. The maximum atomic E-state index is 10.6. The van der Waals surface area contributed by atoms with Gasteiger partial charge in [0.25, 0.3) is 5.69 Å². The van der Waals surface area contributed by atoms with Crippen LogP contribution in [0.2, 0.25) is 0 Å². The molecule has 15 heavy (non-hydrogen) atoms. The lowest BCUT2D eigenvalue weighted by Gasteiger charge is -1.95. The van der Waals surface area contributed by atoms with Crippen LogP contribution in [-0.2, 0) is 0 Å². The van der Waals surface area contributed by atoms with Crippen molar-refractivity contribution in [3.05, 3.63) is 39.4 Å². The number of carbonyl (C=O) groups excluding carboxylic acids is 1. The van der Waals surface area contributed by atoms with Gasteiger partial charge in [0.05, 0.1) is 16.2 Å². The van der Waals surface area contributed by atoms with E-state index in [1.807, 2.05) is 0 Å². The molecular weight excluding hydrogens is 214 g/mol. The molecule has 0 radical (unpaired) electrons. The quantitative estimate of drug-likeness (QED) is 0.272. The Labute approximate surface area is 91.9 Å². The number of nitro groups is 1. The molecule has 0 amide bonds. The van der Waals surface area contributed by atoms with Crippen molar-refractivity contribution >= 4 is 24.6 Å². The second-order valence-corrected chi connectivity index (χ2v) is 2.92. The molecular formula is C10H7NO3S. The molecule has 5 heteroatoms. The number of benzene rings is 1. The molecule has 0 aliphatic heterocycles. The molecule has 76 valence electrons. The summed E-state index contributed by atoms with van der Waals surface area (Å²) in [4.78, 5) is 20.5. The van der Waals surface area contributed by atoms with Crippen LogP contribution in [0.15, 0.2) is 18.2 Å². The van der Waals surface area contributed by atoms with E-state index >= 15 is 0 Å². The van der Waals surface area contributed by atoms with E-state index in [0.29, 0.717) is 17.6 Å². The molecule has 0 saturated carbocycles. The summed E-state index contributed by atoms with van der Waals surface area (Å²) in [6.07, 6.45) is 0.448. The summed E-state index contributed by atoms with van der Waals surface area (Å²) in [5, 5.41) is 10.5. The average molecular weight is 221 g/mol. The van der Waals surface area contributed by atoms with Crippen molar-refractivity contribution < 1.29 is 9.72 Å². The Kier molecular flexibility index (Phi) is 3.89. The molecule has 0 unspecified atom stereocenters. The fourth-order valence-corrected chi connectivity index (χ4v) is 1.11. The lowest BCUT2D eigenvalue weighted by atomic mass is 10.1. The van der Waals surface area contributed by atoms with Gasteiger partial charge in [-0.1, -0.05) is 11.8 Å². The molecule has 1 aromatic carbocycles. The van der Waals surface area contributed by atoms with Crippen LogP contribution in [0.25, 0.3) is 0 Å². The largest absolute Gasteiger partial charge is 0.298 e. The number of rotatable bonds is 2. The number of hydrogen-bond acceptors (Lipinski definition) is 4. The zero-order valence-electron chi connectivity index (χ0n) is 7.64. The maximum Gasteiger partial charge on any atom is 0.279 e. The van der Waals surface area contributed by atoms with Gasteiger partial charge >= 0.3 is 0 Å². The summed E-state index contributed by atoms with van der Waals surface area (Å²) < 4.78 is 0. The highest BCUT2D eigenvalue weighted by molar-refractivity contribution is 7.80. The molecule has 0 heterocycles. The van der Waals surface area contributed by atoms with Crippen LogP contribution in [0, 0.1) is 22.0 Å². The fraction of sp³-hybridized carbons (Fsp3) is 0.100. The van der Waals surface area contributed by atoms with E-state index in [2.05, 4.69) is 24.5 Å². The maximum absolute atomic E-state index is 10.6. The van der Waals surface area contributed by atoms with Crippen molar-refractivity contribution in [2.45, 2.75) is 0 Å². The number of aldehydes is 1. The fourth-order valence-electron chi connectivity index (χ4n) is 1.03. The Bertz CT molecular complexity index is 459. The van der Waals surface area contributed by atoms with E-state index in [1.54, 1.807) is 0 Å². The van der Waals surface area contributed by atoms with Gasteiger partial charge in [0.15, 0.2) is 6.29 Å².